The minimum Gasteiger partial charge on any atom is -0.222 e. The summed E-state index contributed by atoms with van der Waals surface area (Å²) < 4.78 is 1.66. The third-order valence-corrected chi connectivity index (χ3v) is 3.53. The van der Waals surface area contributed by atoms with Crippen LogP contribution in [-0.2, 0) is 5.88 Å². The Bertz CT molecular complexity index is 621. The van der Waals surface area contributed by atoms with E-state index in [1.54, 1.807) is 16.8 Å². The highest BCUT2D eigenvalue weighted by Crippen LogP contribution is 2.29. The van der Waals surface area contributed by atoms with Gasteiger partial charge in [0.05, 0.1) is 28.9 Å². The summed E-state index contributed by atoms with van der Waals surface area (Å²) >= 11 is 12.3. The number of nitrogens with zero attached hydrogens (tertiary/aromatic N) is 3. The van der Waals surface area contributed by atoms with Crippen LogP contribution in [0.4, 0.5) is 0 Å². The van der Waals surface area contributed by atoms with Crippen LogP contribution < -0.4 is 0 Å². The number of hydrogen-bond acceptors (Lipinski definition) is 2. The molecular formula is C14H13Cl2N3. The molecule has 0 amide bonds. The van der Waals surface area contributed by atoms with E-state index in [1.807, 2.05) is 12.1 Å². The van der Waals surface area contributed by atoms with E-state index in [9.17, 15) is 0 Å². The molecule has 0 N–H and O–H groups in total. The summed E-state index contributed by atoms with van der Waals surface area (Å²) in [7, 11) is 0. The second kappa shape index (κ2) is 5.64. The molecule has 98 valence electrons. The van der Waals surface area contributed by atoms with Gasteiger partial charge in [0, 0.05) is 5.56 Å². The molecular weight excluding hydrogens is 281 g/mol. The zero-order chi connectivity index (χ0) is 14.0. The SMILES string of the molecule is CC(C)c1nn(-c2ccc(C#N)cc2)c(Cl)c1CCl. The smallest absolute Gasteiger partial charge is 0.137 e. The number of nitriles is 1. The minimum absolute atomic E-state index is 0.255. The van der Waals surface area contributed by atoms with E-state index >= 15 is 0 Å². The Balaban J connectivity index is 2.53. The second-order valence-corrected chi connectivity index (χ2v) is 5.14. The highest BCUT2D eigenvalue weighted by atomic mass is 35.5. The molecule has 0 aliphatic heterocycles. The fourth-order valence-corrected chi connectivity index (χ4v) is 2.51. The Morgan fingerprint density at radius 3 is 2.37 bits per heavy atom. The van der Waals surface area contributed by atoms with Gasteiger partial charge in [-0.15, -0.1) is 11.6 Å². The highest BCUT2D eigenvalue weighted by Gasteiger charge is 2.18. The van der Waals surface area contributed by atoms with Gasteiger partial charge in [0.1, 0.15) is 5.15 Å². The maximum atomic E-state index is 8.80. The molecule has 5 heteroatoms. The Kier molecular flexibility index (Phi) is 4.14. The predicted molar refractivity (Wildman–Crippen MR) is 76.9 cm³/mol. The molecule has 0 saturated heterocycles. The van der Waals surface area contributed by atoms with Gasteiger partial charge in [-0.05, 0) is 30.2 Å². The lowest BCUT2D eigenvalue weighted by atomic mass is 10.1. The van der Waals surface area contributed by atoms with Crippen LogP contribution in [0.25, 0.3) is 5.69 Å². The summed E-state index contributed by atoms with van der Waals surface area (Å²) in [4.78, 5) is 0. The Hall–Kier alpha value is -1.50. The van der Waals surface area contributed by atoms with Gasteiger partial charge in [0.25, 0.3) is 0 Å². The number of halogens is 2. The van der Waals surface area contributed by atoms with E-state index in [4.69, 9.17) is 28.5 Å². The van der Waals surface area contributed by atoms with E-state index in [0.29, 0.717) is 16.6 Å². The molecule has 0 unspecified atom stereocenters. The van der Waals surface area contributed by atoms with Crippen LogP contribution in [0.5, 0.6) is 0 Å². The van der Waals surface area contributed by atoms with Crippen LogP contribution in [0.3, 0.4) is 0 Å². The van der Waals surface area contributed by atoms with Crippen LogP contribution in [0, 0.1) is 11.3 Å². The normalized spacial score (nSPS) is 10.7. The molecule has 1 heterocycles. The minimum atomic E-state index is 0.255. The summed E-state index contributed by atoms with van der Waals surface area (Å²) in [6, 6.07) is 9.20. The molecule has 19 heavy (non-hydrogen) atoms. The van der Waals surface area contributed by atoms with Gasteiger partial charge >= 0.3 is 0 Å². The number of alkyl halides is 1. The molecule has 0 bridgehead atoms. The van der Waals surface area contributed by atoms with E-state index in [0.717, 1.165) is 16.9 Å². The lowest BCUT2D eigenvalue weighted by molar-refractivity contribution is 0.765. The van der Waals surface area contributed by atoms with Gasteiger partial charge in [-0.2, -0.15) is 10.4 Å². The van der Waals surface area contributed by atoms with E-state index in [2.05, 4.69) is 25.0 Å². The van der Waals surface area contributed by atoms with Crippen molar-refractivity contribution in [3.05, 3.63) is 46.2 Å². The van der Waals surface area contributed by atoms with Crippen LogP contribution in [0.2, 0.25) is 5.15 Å². The number of hydrogen-bond donors (Lipinski definition) is 0. The Labute approximate surface area is 122 Å². The Morgan fingerprint density at radius 2 is 1.95 bits per heavy atom. The molecule has 2 rings (SSSR count). The van der Waals surface area contributed by atoms with Gasteiger partial charge < -0.3 is 0 Å². The Morgan fingerprint density at radius 1 is 1.32 bits per heavy atom. The fraction of sp³-hybridized carbons (Fsp3) is 0.286. The third kappa shape index (κ3) is 2.60. The first kappa shape index (κ1) is 13.9. The summed E-state index contributed by atoms with van der Waals surface area (Å²) in [5.74, 6) is 0.591. The molecule has 0 atom stereocenters. The van der Waals surface area contributed by atoms with Gasteiger partial charge in [-0.3, -0.25) is 0 Å². The van der Waals surface area contributed by atoms with Crippen molar-refractivity contribution in [3.63, 3.8) is 0 Å². The maximum absolute atomic E-state index is 8.80. The topological polar surface area (TPSA) is 41.6 Å². The molecule has 0 spiro atoms. The summed E-state index contributed by atoms with van der Waals surface area (Å²) in [5, 5.41) is 13.9. The standard InChI is InChI=1S/C14H13Cl2N3/c1-9(2)13-12(7-15)14(16)19(18-13)11-5-3-10(8-17)4-6-11/h3-6,9H,7H2,1-2H3. The molecule has 0 aliphatic carbocycles. The van der Waals surface area contributed by atoms with Crippen LogP contribution in [-0.4, -0.2) is 9.78 Å². The van der Waals surface area contributed by atoms with Crippen molar-refractivity contribution in [1.29, 1.82) is 5.26 Å². The van der Waals surface area contributed by atoms with Crippen molar-refractivity contribution >= 4 is 23.2 Å². The highest BCUT2D eigenvalue weighted by molar-refractivity contribution is 6.31. The molecule has 0 radical (unpaired) electrons. The first-order valence-corrected chi connectivity index (χ1v) is 6.83. The van der Waals surface area contributed by atoms with Gasteiger partial charge in [-0.25, -0.2) is 4.68 Å². The van der Waals surface area contributed by atoms with Crippen molar-refractivity contribution < 1.29 is 0 Å². The van der Waals surface area contributed by atoms with Crippen LogP contribution in [0.15, 0.2) is 24.3 Å². The number of aromatic nitrogens is 2. The van der Waals surface area contributed by atoms with Crippen LogP contribution >= 0.6 is 23.2 Å². The predicted octanol–water partition coefficient (Wildman–Crippen LogP) is 4.26. The van der Waals surface area contributed by atoms with E-state index in [-0.39, 0.29) is 5.92 Å². The van der Waals surface area contributed by atoms with E-state index in [1.165, 1.54) is 0 Å². The second-order valence-electron chi connectivity index (χ2n) is 4.51. The molecule has 1 aromatic heterocycles. The first-order valence-electron chi connectivity index (χ1n) is 5.92. The molecule has 1 aromatic carbocycles. The summed E-state index contributed by atoms with van der Waals surface area (Å²) in [6.07, 6.45) is 0. The monoisotopic (exact) mass is 293 g/mol. The summed E-state index contributed by atoms with van der Waals surface area (Å²) in [6.45, 7) is 4.11. The molecule has 0 fully saturated rings. The third-order valence-electron chi connectivity index (χ3n) is 2.87. The lowest BCUT2D eigenvalue weighted by Gasteiger charge is -2.03. The zero-order valence-electron chi connectivity index (χ0n) is 10.7. The zero-order valence-corrected chi connectivity index (χ0v) is 12.2. The quantitative estimate of drug-likeness (QED) is 0.794. The molecule has 3 nitrogen and oxygen atoms in total. The van der Waals surface area contributed by atoms with Crippen molar-refractivity contribution in [1.82, 2.24) is 9.78 Å². The number of benzene rings is 1. The lowest BCUT2D eigenvalue weighted by Crippen LogP contribution is -1.98. The van der Waals surface area contributed by atoms with Gasteiger partial charge in [-0.1, -0.05) is 25.4 Å². The van der Waals surface area contributed by atoms with Crippen LogP contribution in [0.1, 0.15) is 36.6 Å². The first-order chi connectivity index (χ1) is 9.08. The maximum Gasteiger partial charge on any atom is 0.137 e. The van der Waals surface area contributed by atoms with Gasteiger partial charge in [0.15, 0.2) is 0 Å². The number of rotatable bonds is 3. The molecule has 0 aliphatic rings. The van der Waals surface area contributed by atoms with Crippen molar-refractivity contribution in [2.24, 2.45) is 0 Å². The summed E-state index contributed by atoms with van der Waals surface area (Å²) in [5.41, 5.74) is 3.20. The van der Waals surface area contributed by atoms with E-state index < -0.39 is 0 Å². The largest absolute Gasteiger partial charge is 0.222 e. The van der Waals surface area contributed by atoms with Crippen molar-refractivity contribution in [2.45, 2.75) is 25.6 Å². The average Bonchev–Trinajstić information content (AvgIpc) is 2.76. The average molecular weight is 294 g/mol. The van der Waals surface area contributed by atoms with Crippen molar-refractivity contribution in [3.8, 4) is 11.8 Å². The fourth-order valence-electron chi connectivity index (χ4n) is 1.88. The molecule has 2 aromatic rings. The van der Waals surface area contributed by atoms with Gasteiger partial charge in [0.2, 0.25) is 0 Å². The molecule has 0 saturated carbocycles. The van der Waals surface area contributed by atoms with Crippen molar-refractivity contribution in [2.75, 3.05) is 0 Å².